The van der Waals surface area contributed by atoms with E-state index in [1.54, 1.807) is 14.2 Å². The van der Waals surface area contributed by atoms with E-state index < -0.39 is 0 Å². The van der Waals surface area contributed by atoms with Crippen LogP contribution in [0.4, 0.5) is 0 Å². The Morgan fingerprint density at radius 2 is 0.816 bits per heavy atom. The topological polar surface area (TPSA) is 36.9 Å². The normalized spacial score (nSPS) is 10.8. The van der Waals surface area contributed by atoms with Crippen molar-refractivity contribution in [1.29, 1.82) is 0 Å². The highest BCUT2D eigenvalue weighted by Crippen LogP contribution is 2.42. The van der Waals surface area contributed by atoms with Gasteiger partial charge in [-0.3, -0.25) is 0 Å². The molecule has 4 nitrogen and oxygen atoms in total. The highest BCUT2D eigenvalue weighted by molar-refractivity contribution is 6.11. The fourth-order valence-electron chi connectivity index (χ4n) is 4.86. The number of ether oxygens (including phenoxy) is 4. The molecular formula is C34H32O4. The first-order chi connectivity index (χ1) is 18.7. The highest BCUT2D eigenvalue weighted by Gasteiger charge is 2.14. The number of hydrogen-bond acceptors (Lipinski definition) is 4. The Balaban J connectivity index is 0.000000156. The molecule has 0 aliphatic carbocycles. The van der Waals surface area contributed by atoms with Crippen LogP contribution in [0.25, 0.3) is 43.1 Å². The first kappa shape index (κ1) is 25.2. The summed E-state index contributed by atoms with van der Waals surface area (Å²) < 4.78 is 22.3. The molecule has 192 valence electrons. The van der Waals surface area contributed by atoms with E-state index in [-0.39, 0.29) is 0 Å². The molecule has 4 heteroatoms. The highest BCUT2D eigenvalue weighted by atomic mass is 16.5. The van der Waals surface area contributed by atoms with Crippen LogP contribution < -0.4 is 18.9 Å². The van der Waals surface area contributed by atoms with Gasteiger partial charge in [0.25, 0.3) is 0 Å². The summed E-state index contributed by atoms with van der Waals surface area (Å²) in [4.78, 5) is 0. The fraction of sp³-hybridized carbons (Fsp3) is 0.176. The number of fused-ring (bicyclic) bond motifs is 4. The van der Waals surface area contributed by atoms with Gasteiger partial charge in [0.15, 0.2) is 0 Å². The van der Waals surface area contributed by atoms with Crippen LogP contribution in [0.3, 0.4) is 0 Å². The molecule has 0 spiro atoms. The molecule has 38 heavy (non-hydrogen) atoms. The van der Waals surface area contributed by atoms with Gasteiger partial charge in [-0.25, -0.2) is 0 Å². The first-order valence-electron chi connectivity index (χ1n) is 12.9. The molecule has 6 aromatic rings. The standard InChI is InChI=1S/C18H18O2.C16H14O2/c1-3-19-17-13-9-5-7-11-15(13)18(20-4-2)16-12-8-6-10-14(16)17;1-17-15-5-3-11-8-14-10-16(18-2)6-4-12(14)7-13(11)9-15/h5-12H,3-4H2,1-2H3;3-10H,1-2H3. The maximum atomic E-state index is 5.91. The van der Waals surface area contributed by atoms with Gasteiger partial charge in [-0.05, 0) is 71.8 Å². The SMILES string of the molecule is CCOc1c2ccccc2c(OCC)c2ccccc12.COc1ccc2cc3cc(OC)ccc3cc2c1. The smallest absolute Gasteiger partial charge is 0.135 e. The maximum absolute atomic E-state index is 5.91. The molecule has 0 saturated heterocycles. The molecule has 0 radical (unpaired) electrons. The third-order valence-electron chi connectivity index (χ3n) is 6.62. The second kappa shape index (κ2) is 11.3. The van der Waals surface area contributed by atoms with Crippen molar-refractivity contribution in [3.8, 4) is 23.0 Å². The zero-order valence-corrected chi connectivity index (χ0v) is 22.3. The van der Waals surface area contributed by atoms with Gasteiger partial charge < -0.3 is 18.9 Å². The van der Waals surface area contributed by atoms with Crippen LogP contribution >= 0.6 is 0 Å². The average molecular weight is 505 g/mol. The average Bonchev–Trinajstić information content (AvgIpc) is 2.97. The zero-order chi connectivity index (χ0) is 26.5. The molecule has 0 atom stereocenters. The predicted molar refractivity (Wildman–Crippen MR) is 158 cm³/mol. The molecule has 0 aliphatic rings. The van der Waals surface area contributed by atoms with Gasteiger partial charge in [0, 0.05) is 21.5 Å². The van der Waals surface area contributed by atoms with Crippen molar-refractivity contribution in [1.82, 2.24) is 0 Å². The van der Waals surface area contributed by atoms with Gasteiger partial charge in [0.2, 0.25) is 0 Å². The van der Waals surface area contributed by atoms with Crippen molar-refractivity contribution < 1.29 is 18.9 Å². The van der Waals surface area contributed by atoms with Crippen LogP contribution in [-0.2, 0) is 0 Å². The van der Waals surface area contributed by atoms with E-state index in [1.807, 2.05) is 50.2 Å². The Morgan fingerprint density at radius 1 is 0.447 bits per heavy atom. The molecule has 0 N–H and O–H groups in total. The molecule has 0 saturated carbocycles. The van der Waals surface area contributed by atoms with Crippen LogP contribution in [0.2, 0.25) is 0 Å². The largest absolute Gasteiger partial charge is 0.497 e. The summed E-state index contributed by atoms with van der Waals surface area (Å²) in [6.07, 6.45) is 0. The molecule has 0 fully saturated rings. The minimum atomic E-state index is 0.655. The van der Waals surface area contributed by atoms with Crippen LogP contribution in [0.1, 0.15) is 13.8 Å². The summed E-state index contributed by atoms with van der Waals surface area (Å²) in [6, 6.07) is 33.1. The summed E-state index contributed by atoms with van der Waals surface area (Å²) in [5, 5.41) is 9.22. The molecule has 0 bridgehead atoms. The lowest BCUT2D eigenvalue weighted by Gasteiger charge is -2.16. The number of benzene rings is 6. The Morgan fingerprint density at radius 3 is 1.13 bits per heavy atom. The summed E-state index contributed by atoms with van der Waals surface area (Å²) in [7, 11) is 3.38. The van der Waals surface area contributed by atoms with Gasteiger partial charge in [-0.15, -0.1) is 0 Å². The first-order valence-corrected chi connectivity index (χ1v) is 12.9. The van der Waals surface area contributed by atoms with E-state index in [1.165, 1.54) is 21.5 Å². The van der Waals surface area contributed by atoms with Crippen LogP contribution in [0, 0.1) is 0 Å². The molecule has 0 heterocycles. The number of rotatable bonds is 6. The molecule has 0 amide bonds. The van der Waals surface area contributed by atoms with Crippen molar-refractivity contribution in [2.24, 2.45) is 0 Å². The molecule has 0 aliphatic heterocycles. The van der Waals surface area contributed by atoms with Gasteiger partial charge in [0.1, 0.15) is 23.0 Å². The minimum Gasteiger partial charge on any atom is -0.497 e. The number of methoxy groups -OCH3 is 2. The summed E-state index contributed by atoms with van der Waals surface area (Å²) >= 11 is 0. The quantitative estimate of drug-likeness (QED) is 0.212. The number of hydrogen-bond donors (Lipinski definition) is 0. The lowest BCUT2D eigenvalue weighted by Crippen LogP contribution is -1.98. The maximum Gasteiger partial charge on any atom is 0.135 e. The van der Waals surface area contributed by atoms with Crippen molar-refractivity contribution in [2.45, 2.75) is 13.8 Å². The van der Waals surface area contributed by atoms with Gasteiger partial charge >= 0.3 is 0 Å². The van der Waals surface area contributed by atoms with E-state index in [0.29, 0.717) is 13.2 Å². The van der Waals surface area contributed by atoms with Crippen LogP contribution in [0.5, 0.6) is 23.0 Å². The third kappa shape index (κ3) is 4.90. The van der Waals surface area contributed by atoms with Crippen LogP contribution in [-0.4, -0.2) is 27.4 Å². The van der Waals surface area contributed by atoms with E-state index >= 15 is 0 Å². The van der Waals surface area contributed by atoms with E-state index in [9.17, 15) is 0 Å². The van der Waals surface area contributed by atoms with E-state index in [2.05, 4.69) is 60.7 Å². The summed E-state index contributed by atoms with van der Waals surface area (Å²) in [5.74, 6) is 3.66. The molecule has 6 rings (SSSR count). The fourth-order valence-corrected chi connectivity index (χ4v) is 4.86. The van der Waals surface area contributed by atoms with Gasteiger partial charge in [-0.1, -0.05) is 60.7 Å². The van der Waals surface area contributed by atoms with E-state index in [4.69, 9.17) is 18.9 Å². The molecule has 0 unspecified atom stereocenters. The Hall–Kier alpha value is -4.44. The monoisotopic (exact) mass is 504 g/mol. The second-order valence-electron chi connectivity index (χ2n) is 8.89. The van der Waals surface area contributed by atoms with Crippen molar-refractivity contribution in [3.63, 3.8) is 0 Å². The van der Waals surface area contributed by atoms with Crippen molar-refractivity contribution in [3.05, 3.63) is 97.1 Å². The van der Waals surface area contributed by atoms with Gasteiger partial charge in [0.05, 0.1) is 27.4 Å². The Kier molecular flexibility index (Phi) is 7.50. The Labute approximate surface area is 223 Å². The lowest BCUT2D eigenvalue weighted by molar-refractivity contribution is 0.342. The molecule has 6 aromatic carbocycles. The molecule has 0 aromatic heterocycles. The minimum absolute atomic E-state index is 0.655. The predicted octanol–water partition coefficient (Wildman–Crippen LogP) is 8.80. The van der Waals surface area contributed by atoms with Crippen molar-refractivity contribution in [2.75, 3.05) is 27.4 Å². The summed E-state index contributed by atoms with van der Waals surface area (Å²) in [6.45, 7) is 5.34. The van der Waals surface area contributed by atoms with Gasteiger partial charge in [-0.2, -0.15) is 0 Å². The molecular weight excluding hydrogens is 472 g/mol. The van der Waals surface area contributed by atoms with Crippen molar-refractivity contribution >= 4 is 43.1 Å². The third-order valence-corrected chi connectivity index (χ3v) is 6.62. The van der Waals surface area contributed by atoms with Crippen LogP contribution in [0.15, 0.2) is 97.1 Å². The lowest BCUT2D eigenvalue weighted by atomic mass is 10.0. The Bertz CT molecular complexity index is 1540. The second-order valence-corrected chi connectivity index (χ2v) is 8.89. The zero-order valence-electron chi connectivity index (χ0n) is 22.3. The summed E-state index contributed by atoms with van der Waals surface area (Å²) in [5.41, 5.74) is 0. The van der Waals surface area contributed by atoms with E-state index in [0.717, 1.165) is 44.5 Å².